The molecular weight excluding hydrogens is 300 g/mol. The monoisotopic (exact) mass is 334 g/mol. The third kappa shape index (κ3) is 4.22. The smallest absolute Gasteiger partial charge is 0.222 e. The van der Waals surface area contributed by atoms with Crippen molar-refractivity contribution >= 4 is 11.9 Å². The summed E-state index contributed by atoms with van der Waals surface area (Å²) in [5, 5.41) is 6.89. The van der Waals surface area contributed by atoms with Crippen LogP contribution in [0.15, 0.2) is 4.99 Å². The highest BCUT2D eigenvalue weighted by molar-refractivity contribution is 5.80. The van der Waals surface area contributed by atoms with Gasteiger partial charge in [-0.1, -0.05) is 13.3 Å². The van der Waals surface area contributed by atoms with Crippen LogP contribution in [0.2, 0.25) is 0 Å². The highest BCUT2D eigenvalue weighted by atomic mass is 16.2. The predicted octanol–water partition coefficient (Wildman–Crippen LogP) is 2.38. The van der Waals surface area contributed by atoms with Crippen molar-refractivity contribution in [1.82, 2.24) is 15.5 Å². The molecule has 0 aromatic carbocycles. The van der Waals surface area contributed by atoms with Gasteiger partial charge >= 0.3 is 0 Å². The van der Waals surface area contributed by atoms with Gasteiger partial charge in [0.15, 0.2) is 5.96 Å². The number of carbonyl (C=O) groups is 1. The van der Waals surface area contributed by atoms with Crippen molar-refractivity contribution in [3.63, 3.8) is 0 Å². The minimum atomic E-state index is 0.262. The lowest BCUT2D eigenvalue weighted by molar-refractivity contribution is -0.129. The molecule has 0 radical (unpaired) electrons. The third-order valence-electron chi connectivity index (χ3n) is 6.18. The second-order valence-electron chi connectivity index (χ2n) is 7.81. The van der Waals surface area contributed by atoms with E-state index in [2.05, 4.69) is 17.6 Å². The SMILES string of the molecule is CCNC(=NCCC1CC2CCC1C2)NC1CCN(C(=O)CC)C1. The highest BCUT2D eigenvalue weighted by Crippen LogP contribution is 2.49. The van der Waals surface area contributed by atoms with E-state index >= 15 is 0 Å². The lowest BCUT2D eigenvalue weighted by atomic mass is 9.86. The fourth-order valence-corrected chi connectivity index (χ4v) is 4.91. The van der Waals surface area contributed by atoms with Gasteiger partial charge in [-0.15, -0.1) is 0 Å². The number of likely N-dealkylation sites (tertiary alicyclic amines) is 1. The van der Waals surface area contributed by atoms with Crippen LogP contribution < -0.4 is 10.6 Å². The molecule has 2 N–H and O–H groups in total. The zero-order valence-corrected chi connectivity index (χ0v) is 15.4. The molecule has 1 aliphatic heterocycles. The summed E-state index contributed by atoms with van der Waals surface area (Å²) in [7, 11) is 0. The molecule has 2 aliphatic carbocycles. The van der Waals surface area contributed by atoms with Crippen LogP contribution in [0.25, 0.3) is 0 Å². The standard InChI is InChI=1S/C19H34N4O/c1-3-18(24)23-10-8-17(13-23)22-19(20-4-2)21-9-7-16-12-14-5-6-15(16)11-14/h14-17H,3-13H2,1-2H3,(H2,20,21,22). The van der Waals surface area contributed by atoms with Gasteiger partial charge in [-0.2, -0.15) is 0 Å². The number of nitrogens with one attached hydrogen (secondary N) is 2. The van der Waals surface area contributed by atoms with Crippen LogP contribution in [0.5, 0.6) is 0 Å². The number of amides is 1. The number of hydrogen-bond donors (Lipinski definition) is 2. The molecule has 4 unspecified atom stereocenters. The van der Waals surface area contributed by atoms with E-state index in [4.69, 9.17) is 4.99 Å². The zero-order valence-electron chi connectivity index (χ0n) is 15.4. The summed E-state index contributed by atoms with van der Waals surface area (Å²) in [4.78, 5) is 18.6. The summed E-state index contributed by atoms with van der Waals surface area (Å²) in [6.07, 6.45) is 8.72. The summed E-state index contributed by atoms with van der Waals surface area (Å²) in [6.45, 7) is 7.52. The average molecular weight is 335 g/mol. The Balaban J connectivity index is 1.44. The minimum absolute atomic E-state index is 0.262. The molecule has 136 valence electrons. The molecule has 3 fully saturated rings. The first-order valence-corrected chi connectivity index (χ1v) is 10.0. The van der Waals surface area contributed by atoms with Crippen LogP contribution in [-0.2, 0) is 4.79 Å². The predicted molar refractivity (Wildman–Crippen MR) is 97.9 cm³/mol. The highest BCUT2D eigenvalue weighted by Gasteiger charge is 2.38. The first kappa shape index (κ1) is 17.6. The fourth-order valence-electron chi connectivity index (χ4n) is 4.91. The van der Waals surface area contributed by atoms with Crippen LogP contribution in [0.4, 0.5) is 0 Å². The maximum Gasteiger partial charge on any atom is 0.222 e. The van der Waals surface area contributed by atoms with Crippen molar-refractivity contribution < 1.29 is 4.79 Å². The van der Waals surface area contributed by atoms with Crippen LogP contribution in [0, 0.1) is 17.8 Å². The van der Waals surface area contributed by atoms with Gasteiger partial charge in [-0.25, -0.2) is 0 Å². The van der Waals surface area contributed by atoms with Gasteiger partial charge in [0.2, 0.25) is 5.91 Å². The summed E-state index contributed by atoms with van der Waals surface area (Å²) in [5.74, 6) is 4.12. The third-order valence-corrected chi connectivity index (χ3v) is 6.18. The van der Waals surface area contributed by atoms with Crippen molar-refractivity contribution in [3.05, 3.63) is 0 Å². The average Bonchev–Trinajstić information content (AvgIpc) is 3.31. The van der Waals surface area contributed by atoms with Gasteiger partial charge in [0.1, 0.15) is 0 Å². The quantitative estimate of drug-likeness (QED) is 0.579. The number of fused-ring (bicyclic) bond motifs is 2. The van der Waals surface area contributed by atoms with Gasteiger partial charge in [0, 0.05) is 38.6 Å². The Morgan fingerprint density at radius 1 is 1.21 bits per heavy atom. The molecule has 2 saturated carbocycles. The van der Waals surface area contributed by atoms with E-state index in [-0.39, 0.29) is 5.91 Å². The molecule has 4 atom stereocenters. The van der Waals surface area contributed by atoms with Crippen molar-refractivity contribution in [2.45, 2.75) is 64.8 Å². The molecule has 1 saturated heterocycles. The maximum atomic E-state index is 11.8. The molecule has 3 rings (SSSR count). The zero-order chi connectivity index (χ0) is 16.9. The Morgan fingerprint density at radius 3 is 2.75 bits per heavy atom. The molecule has 3 aliphatic rings. The van der Waals surface area contributed by atoms with Crippen LogP contribution in [0.1, 0.15) is 58.8 Å². The Hall–Kier alpha value is -1.26. The first-order valence-electron chi connectivity index (χ1n) is 10.0. The van der Waals surface area contributed by atoms with Crippen molar-refractivity contribution in [2.75, 3.05) is 26.2 Å². The number of aliphatic imine (C=N–C) groups is 1. The molecular formula is C19H34N4O. The molecule has 5 nitrogen and oxygen atoms in total. The molecule has 1 amide bonds. The van der Waals surface area contributed by atoms with E-state index in [1.807, 2.05) is 11.8 Å². The topological polar surface area (TPSA) is 56.7 Å². The number of rotatable bonds is 6. The van der Waals surface area contributed by atoms with Crippen LogP contribution in [-0.4, -0.2) is 49.0 Å². The van der Waals surface area contributed by atoms with Crippen molar-refractivity contribution in [1.29, 1.82) is 0 Å². The van der Waals surface area contributed by atoms with Gasteiger partial charge in [0.25, 0.3) is 0 Å². The van der Waals surface area contributed by atoms with E-state index < -0.39 is 0 Å². The molecule has 1 heterocycles. The number of nitrogens with zero attached hydrogens (tertiary/aromatic N) is 2. The Kier molecular flexibility index (Phi) is 6.01. The van der Waals surface area contributed by atoms with Gasteiger partial charge in [0.05, 0.1) is 0 Å². The van der Waals surface area contributed by atoms with E-state index in [9.17, 15) is 4.79 Å². The molecule has 0 spiro atoms. The molecule has 5 heteroatoms. The summed E-state index contributed by atoms with van der Waals surface area (Å²) < 4.78 is 0. The first-order chi connectivity index (χ1) is 11.7. The summed E-state index contributed by atoms with van der Waals surface area (Å²) >= 11 is 0. The molecule has 0 aromatic rings. The van der Waals surface area contributed by atoms with Crippen LogP contribution >= 0.6 is 0 Å². The minimum Gasteiger partial charge on any atom is -0.357 e. The maximum absolute atomic E-state index is 11.8. The number of hydrogen-bond acceptors (Lipinski definition) is 2. The van der Waals surface area contributed by atoms with E-state index in [1.54, 1.807) is 0 Å². The lowest BCUT2D eigenvalue weighted by Gasteiger charge is -2.21. The lowest BCUT2D eigenvalue weighted by Crippen LogP contribution is -2.45. The van der Waals surface area contributed by atoms with E-state index in [0.717, 1.165) is 56.3 Å². The largest absolute Gasteiger partial charge is 0.357 e. The fraction of sp³-hybridized carbons (Fsp3) is 0.895. The van der Waals surface area contributed by atoms with Crippen LogP contribution in [0.3, 0.4) is 0 Å². The van der Waals surface area contributed by atoms with Gasteiger partial charge < -0.3 is 15.5 Å². The van der Waals surface area contributed by atoms with Crippen molar-refractivity contribution in [3.8, 4) is 0 Å². The van der Waals surface area contributed by atoms with E-state index in [0.29, 0.717) is 12.5 Å². The van der Waals surface area contributed by atoms with Gasteiger partial charge in [-0.05, 0) is 56.8 Å². The molecule has 0 aromatic heterocycles. The second kappa shape index (κ2) is 8.21. The Labute approximate surface area is 146 Å². The van der Waals surface area contributed by atoms with Gasteiger partial charge in [-0.3, -0.25) is 9.79 Å². The Bertz CT molecular complexity index is 464. The number of guanidine groups is 1. The van der Waals surface area contributed by atoms with Crippen molar-refractivity contribution in [2.24, 2.45) is 22.7 Å². The summed E-state index contributed by atoms with van der Waals surface area (Å²) in [6, 6.07) is 0.334. The summed E-state index contributed by atoms with van der Waals surface area (Å²) in [5.41, 5.74) is 0. The molecule has 2 bridgehead atoms. The number of carbonyl (C=O) groups excluding carboxylic acids is 1. The normalized spacial score (nSPS) is 32.4. The molecule has 24 heavy (non-hydrogen) atoms. The van der Waals surface area contributed by atoms with E-state index in [1.165, 1.54) is 32.1 Å². The second-order valence-corrected chi connectivity index (χ2v) is 7.81. The Morgan fingerprint density at radius 2 is 2.08 bits per heavy atom.